The van der Waals surface area contributed by atoms with E-state index in [0.717, 1.165) is 103 Å². The molecule has 0 fully saturated rings. The van der Waals surface area contributed by atoms with Crippen LogP contribution in [-0.4, -0.2) is 37.2 Å². The van der Waals surface area contributed by atoms with Gasteiger partial charge in [-0.25, -0.2) is 0 Å². The van der Waals surface area contributed by atoms with Crippen molar-refractivity contribution in [1.82, 2.24) is 0 Å². The first kappa shape index (κ1) is 62.1. The zero-order valence-electron chi connectivity index (χ0n) is 43.0. The molecule has 0 aromatic rings. The summed E-state index contributed by atoms with van der Waals surface area (Å²) >= 11 is 0. The molecule has 6 heteroatoms. The predicted molar refractivity (Wildman–Crippen MR) is 279 cm³/mol. The summed E-state index contributed by atoms with van der Waals surface area (Å²) in [6.07, 6.45) is 66.3. The summed E-state index contributed by atoms with van der Waals surface area (Å²) < 4.78 is 16.8. The highest BCUT2D eigenvalue weighted by Gasteiger charge is 2.19. The third-order valence-electron chi connectivity index (χ3n) is 12.0. The molecule has 0 saturated heterocycles. The Balaban J connectivity index is 4.42. The summed E-state index contributed by atoms with van der Waals surface area (Å²) in [6, 6.07) is 0. The maximum Gasteiger partial charge on any atom is 0.306 e. The molecule has 0 bridgehead atoms. The molecule has 0 amide bonds. The molecule has 0 heterocycles. The molecule has 0 saturated carbocycles. The lowest BCUT2D eigenvalue weighted by atomic mass is 10.1. The van der Waals surface area contributed by atoms with E-state index in [2.05, 4.69) is 81.5 Å². The van der Waals surface area contributed by atoms with E-state index in [1.165, 1.54) is 135 Å². The van der Waals surface area contributed by atoms with Crippen molar-refractivity contribution in [3.05, 3.63) is 60.8 Å². The van der Waals surface area contributed by atoms with Crippen LogP contribution in [0.1, 0.15) is 278 Å². The van der Waals surface area contributed by atoms with E-state index in [1.807, 2.05) is 0 Å². The summed E-state index contributed by atoms with van der Waals surface area (Å²) in [4.78, 5) is 38.1. The first-order valence-corrected chi connectivity index (χ1v) is 27.8. The van der Waals surface area contributed by atoms with E-state index in [0.29, 0.717) is 19.3 Å². The molecule has 0 rings (SSSR count). The van der Waals surface area contributed by atoms with Gasteiger partial charge < -0.3 is 14.2 Å². The summed E-state index contributed by atoms with van der Waals surface area (Å²) in [6.45, 7) is 6.57. The monoisotopic (exact) mass is 909 g/mol. The Morgan fingerprint density at radius 1 is 0.308 bits per heavy atom. The van der Waals surface area contributed by atoms with E-state index in [1.54, 1.807) is 0 Å². The van der Waals surface area contributed by atoms with Crippen LogP contribution in [-0.2, 0) is 28.6 Å². The van der Waals surface area contributed by atoms with Crippen LogP contribution in [0.5, 0.6) is 0 Å². The average molecular weight is 909 g/mol. The normalized spacial score (nSPS) is 12.5. The maximum absolute atomic E-state index is 12.8. The molecule has 0 aromatic heterocycles. The Bertz CT molecular complexity index is 1180. The lowest BCUT2D eigenvalue weighted by molar-refractivity contribution is -0.167. The zero-order valence-corrected chi connectivity index (χ0v) is 43.0. The fraction of sp³-hybridized carbons (Fsp3) is 0.780. The van der Waals surface area contributed by atoms with Gasteiger partial charge in [0.05, 0.1) is 0 Å². The molecular formula is C59H104O6. The number of allylic oxidation sites excluding steroid dienone is 10. The third kappa shape index (κ3) is 51.9. The van der Waals surface area contributed by atoms with Gasteiger partial charge in [-0.1, -0.05) is 210 Å². The Labute approximate surface area is 402 Å². The minimum Gasteiger partial charge on any atom is -0.462 e. The van der Waals surface area contributed by atoms with Crippen molar-refractivity contribution in [3.8, 4) is 0 Å². The molecule has 0 radical (unpaired) electrons. The number of carbonyl (C=O) groups is 3. The van der Waals surface area contributed by atoms with Crippen molar-refractivity contribution in [2.24, 2.45) is 0 Å². The first-order chi connectivity index (χ1) is 32.0. The van der Waals surface area contributed by atoms with Crippen molar-refractivity contribution in [3.63, 3.8) is 0 Å². The zero-order chi connectivity index (χ0) is 47.2. The summed E-state index contributed by atoms with van der Waals surface area (Å²) in [7, 11) is 0. The second kappa shape index (κ2) is 53.7. The van der Waals surface area contributed by atoms with Gasteiger partial charge in [0.2, 0.25) is 0 Å². The van der Waals surface area contributed by atoms with Crippen molar-refractivity contribution >= 4 is 17.9 Å². The Morgan fingerprint density at radius 3 is 0.892 bits per heavy atom. The van der Waals surface area contributed by atoms with Gasteiger partial charge in [-0.3, -0.25) is 14.4 Å². The molecular weight excluding hydrogens is 805 g/mol. The maximum atomic E-state index is 12.8. The summed E-state index contributed by atoms with van der Waals surface area (Å²) in [5.74, 6) is -0.911. The fourth-order valence-electron chi connectivity index (χ4n) is 7.73. The van der Waals surface area contributed by atoms with Gasteiger partial charge in [0, 0.05) is 19.3 Å². The number of hydrogen-bond acceptors (Lipinski definition) is 6. The molecule has 0 aromatic carbocycles. The van der Waals surface area contributed by atoms with Crippen LogP contribution < -0.4 is 0 Å². The minimum absolute atomic E-state index is 0.0862. The number of unbranched alkanes of at least 4 members (excludes halogenated alkanes) is 29. The summed E-state index contributed by atoms with van der Waals surface area (Å²) in [5.41, 5.74) is 0. The van der Waals surface area contributed by atoms with Gasteiger partial charge in [0.1, 0.15) is 13.2 Å². The number of ether oxygens (including phenoxy) is 3. The molecule has 0 N–H and O–H groups in total. The number of hydrogen-bond donors (Lipinski definition) is 0. The van der Waals surface area contributed by atoms with E-state index in [9.17, 15) is 14.4 Å². The van der Waals surface area contributed by atoms with Crippen molar-refractivity contribution in [1.29, 1.82) is 0 Å². The highest BCUT2D eigenvalue weighted by Crippen LogP contribution is 2.14. The van der Waals surface area contributed by atoms with E-state index >= 15 is 0 Å². The molecule has 0 aliphatic rings. The highest BCUT2D eigenvalue weighted by atomic mass is 16.6. The molecule has 0 aliphatic heterocycles. The number of esters is 3. The first-order valence-electron chi connectivity index (χ1n) is 27.8. The van der Waals surface area contributed by atoms with E-state index < -0.39 is 6.10 Å². The Kier molecular flexibility index (Phi) is 51.3. The molecule has 65 heavy (non-hydrogen) atoms. The average Bonchev–Trinajstić information content (AvgIpc) is 3.30. The van der Waals surface area contributed by atoms with Gasteiger partial charge in [-0.2, -0.15) is 0 Å². The SMILES string of the molecule is CCCCC/C=C\C/C=C\CCCCCCCC(=O)OC[C@@H](COC(=O)CCCCCCCCC/C=C\CCCCCCCC)OC(=O)CCCCCCC/C=C\C/C=C\CCCCC. The second-order valence-corrected chi connectivity index (χ2v) is 18.5. The van der Waals surface area contributed by atoms with E-state index in [-0.39, 0.29) is 31.1 Å². The molecule has 376 valence electrons. The van der Waals surface area contributed by atoms with Gasteiger partial charge in [-0.15, -0.1) is 0 Å². The minimum atomic E-state index is -0.789. The van der Waals surface area contributed by atoms with Crippen LogP contribution in [0.2, 0.25) is 0 Å². The van der Waals surface area contributed by atoms with Gasteiger partial charge in [0.15, 0.2) is 6.10 Å². The molecule has 1 atom stereocenters. The van der Waals surface area contributed by atoms with Gasteiger partial charge >= 0.3 is 17.9 Å². The lowest BCUT2D eigenvalue weighted by Crippen LogP contribution is -2.30. The number of rotatable bonds is 50. The van der Waals surface area contributed by atoms with E-state index in [4.69, 9.17) is 14.2 Å². The Morgan fingerprint density at radius 2 is 0.554 bits per heavy atom. The quantitative estimate of drug-likeness (QED) is 0.0262. The largest absolute Gasteiger partial charge is 0.462 e. The van der Waals surface area contributed by atoms with Crippen molar-refractivity contribution in [2.45, 2.75) is 284 Å². The van der Waals surface area contributed by atoms with Crippen LogP contribution in [0.4, 0.5) is 0 Å². The third-order valence-corrected chi connectivity index (χ3v) is 12.0. The number of carbonyl (C=O) groups excluding carboxylic acids is 3. The van der Waals surface area contributed by atoms with Crippen LogP contribution in [0, 0.1) is 0 Å². The topological polar surface area (TPSA) is 78.9 Å². The predicted octanol–water partition coefficient (Wildman–Crippen LogP) is 18.4. The molecule has 0 spiro atoms. The van der Waals surface area contributed by atoms with Crippen molar-refractivity contribution in [2.75, 3.05) is 13.2 Å². The molecule has 0 unspecified atom stereocenters. The lowest BCUT2D eigenvalue weighted by Gasteiger charge is -2.18. The fourth-order valence-corrected chi connectivity index (χ4v) is 7.73. The van der Waals surface area contributed by atoms with Crippen LogP contribution in [0.15, 0.2) is 60.8 Å². The van der Waals surface area contributed by atoms with Gasteiger partial charge in [-0.05, 0) is 109 Å². The standard InChI is InChI=1S/C59H104O6/c1-4-7-10-13-16-19-22-25-28-29-32-34-37-40-43-46-49-52-58(61)64-55-56(65-59(62)53-50-47-44-41-38-35-31-27-24-21-18-15-12-9-6-3)54-63-57(60)51-48-45-42-39-36-33-30-26-23-20-17-14-11-8-5-2/h17-18,20-21,25-28,30-31,56H,4-16,19,22-24,29,32-55H2,1-3H3/b20-17-,21-18-,28-25-,30-26-,31-27-/t56-/m0/s1. The smallest absolute Gasteiger partial charge is 0.306 e. The molecule has 6 nitrogen and oxygen atoms in total. The van der Waals surface area contributed by atoms with Crippen molar-refractivity contribution < 1.29 is 28.6 Å². The van der Waals surface area contributed by atoms with Gasteiger partial charge in [0.25, 0.3) is 0 Å². The highest BCUT2D eigenvalue weighted by molar-refractivity contribution is 5.71. The van der Waals surface area contributed by atoms with Crippen LogP contribution >= 0.6 is 0 Å². The Hall–Kier alpha value is -2.89. The van der Waals surface area contributed by atoms with Crippen LogP contribution in [0.25, 0.3) is 0 Å². The van der Waals surface area contributed by atoms with Crippen LogP contribution in [0.3, 0.4) is 0 Å². The summed E-state index contributed by atoms with van der Waals surface area (Å²) in [5, 5.41) is 0. The molecule has 0 aliphatic carbocycles. The second-order valence-electron chi connectivity index (χ2n) is 18.5.